The van der Waals surface area contributed by atoms with Gasteiger partial charge in [0.2, 0.25) is 0 Å². The van der Waals surface area contributed by atoms with Crippen molar-refractivity contribution in [3.05, 3.63) is 24.3 Å². The lowest BCUT2D eigenvalue weighted by Gasteiger charge is -2.03. The van der Waals surface area contributed by atoms with Crippen molar-refractivity contribution in [1.82, 2.24) is 0 Å². The van der Waals surface area contributed by atoms with Gasteiger partial charge in [0.1, 0.15) is 5.75 Å². The Morgan fingerprint density at radius 3 is 2.45 bits per heavy atom. The van der Waals surface area contributed by atoms with E-state index in [0.29, 0.717) is 0 Å². The van der Waals surface area contributed by atoms with Gasteiger partial charge in [0.15, 0.2) is 0 Å². The first-order valence-electron chi connectivity index (χ1n) is 3.74. The van der Waals surface area contributed by atoms with Crippen LogP contribution in [0.25, 0.3) is 0 Å². The summed E-state index contributed by atoms with van der Waals surface area (Å²) in [6.07, 6.45) is 0. The Balaban J connectivity index is 0.00000121. The first-order valence-corrected chi connectivity index (χ1v) is 3.74. The van der Waals surface area contributed by atoms with Crippen LogP contribution in [0, 0.1) is 0 Å². The maximum atomic E-state index is 5.02. The highest BCUT2D eigenvalue weighted by Crippen LogP contribution is 2.14. The molecule has 1 aromatic carbocycles. The molecule has 11 heavy (non-hydrogen) atoms. The minimum Gasteiger partial charge on any atom is -0.497 e. The van der Waals surface area contributed by atoms with E-state index >= 15 is 0 Å². The fourth-order valence-corrected chi connectivity index (χ4v) is 0.913. The average molecular weight is 153 g/mol. The van der Waals surface area contributed by atoms with Crippen molar-refractivity contribution in [3.8, 4) is 5.75 Å². The number of anilines is 1. The van der Waals surface area contributed by atoms with Crippen LogP contribution in [0.3, 0.4) is 0 Å². The van der Waals surface area contributed by atoms with Crippen molar-refractivity contribution >= 4 is 5.69 Å². The number of nitrogens with one attached hydrogen (secondary N) is 1. The Hall–Kier alpha value is -1.18. The van der Waals surface area contributed by atoms with Crippen molar-refractivity contribution in [2.75, 3.05) is 19.0 Å². The fourth-order valence-electron chi connectivity index (χ4n) is 0.913. The van der Waals surface area contributed by atoms with Gasteiger partial charge in [0.25, 0.3) is 0 Å². The molecular formula is C9H15NO. The van der Waals surface area contributed by atoms with Gasteiger partial charge in [-0.15, -0.1) is 0 Å². The molecule has 2 nitrogen and oxygen atoms in total. The molecule has 0 atom stereocenters. The predicted molar refractivity (Wildman–Crippen MR) is 49.3 cm³/mol. The second-order valence-corrected chi connectivity index (χ2v) is 2.26. The van der Waals surface area contributed by atoms with Gasteiger partial charge in [0, 0.05) is 13.7 Å². The molecule has 0 fully saturated rings. The molecular weight excluding hydrogens is 138 g/mol. The Bertz CT molecular complexity index is 210. The highest BCUT2D eigenvalue weighted by molar-refractivity contribution is 5.46. The van der Waals surface area contributed by atoms with Crippen LogP contribution in [0.2, 0.25) is 0 Å². The molecule has 62 valence electrons. The molecule has 0 aliphatic heterocycles. The molecule has 0 spiro atoms. The molecule has 1 rings (SSSR count). The second-order valence-electron chi connectivity index (χ2n) is 2.26. The smallest absolute Gasteiger partial charge is 0.119 e. The summed E-state index contributed by atoms with van der Waals surface area (Å²) >= 11 is 0. The highest BCUT2D eigenvalue weighted by Gasteiger charge is 1.89. The number of methoxy groups -OCH3 is 1. The zero-order valence-electron chi connectivity index (χ0n) is 6.92. The standard InChI is InChI=1S/C9H13NO.H2/c1-3-10-8-4-6-9(11-2)7-5-8;/h4-7,10H,3H2,1-2H3;1H. The van der Waals surface area contributed by atoms with Crippen molar-refractivity contribution in [2.45, 2.75) is 6.92 Å². The molecule has 0 unspecified atom stereocenters. The monoisotopic (exact) mass is 153 g/mol. The van der Waals surface area contributed by atoms with Gasteiger partial charge < -0.3 is 10.1 Å². The van der Waals surface area contributed by atoms with Gasteiger partial charge >= 0.3 is 0 Å². The summed E-state index contributed by atoms with van der Waals surface area (Å²) < 4.78 is 5.02. The number of rotatable bonds is 3. The minimum atomic E-state index is 0. The lowest BCUT2D eigenvalue weighted by Crippen LogP contribution is -1.95. The third-order valence-electron chi connectivity index (χ3n) is 1.47. The van der Waals surface area contributed by atoms with Gasteiger partial charge in [-0.3, -0.25) is 0 Å². The molecule has 1 aromatic rings. The molecule has 0 aromatic heterocycles. The first-order chi connectivity index (χ1) is 5.36. The topological polar surface area (TPSA) is 21.3 Å². The van der Waals surface area contributed by atoms with Gasteiger partial charge in [-0.25, -0.2) is 0 Å². The maximum Gasteiger partial charge on any atom is 0.119 e. The summed E-state index contributed by atoms with van der Waals surface area (Å²) in [4.78, 5) is 0. The van der Waals surface area contributed by atoms with Crippen molar-refractivity contribution < 1.29 is 6.16 Å². The average Bonchev–Trinajstić information content (AvgIpc) is 2.07. The molecule has 1 N–H and O–H groups in total. The van der Waals surface area contributed by atoms with Gasteiger partial charge in [-0.1, -0.05) is 0 Å². The molecule has 0 saturated carbocycles. The minimum absolute atomic E-state index is 0. The number of hydrogen-bond donors (Lipinski definition) is 1. The lowest BCUT2D eigenvalue weighted by atomic mass is 10.3. The Labute approximate surface area is 68.7 Å². The first kappa shape index (κ1) is 7.92. The van der Waals surface area contributed by atoms with Crippen LogP contribution in [-0.2, 0) is 0 Å². The molecule has 0 heterocycles. The molecule has 0 aliphatic carbocycles. The fraction of sp³-hybridized carbons (Fsp3) is 0.333. The van der Waals surface area contributed by atoms with E-state index in [2.05, 4.69) is 12.2 Å². The zero-order chi connectivity index (χ0) is 8.10. The summed E-state index contributed by atoms with van der Waals surface area (Å²) in [5.41, 5.74) is 1.13. The maximum absolute atomic E-state index is 5.02. The lowest BCUT2D eigenvalue weighted by molar-refractivity contribution is 0.415. The predicted octanol–water partition coefficient (Wildman–Crippen LogP) is 2.37. The zero-order valence-corrected chi connectivity index (χ0v) is 6.92. The third-order valence-corrected chi connectivity index (χ3v) is 1.47. The Morgan fingerprint density at radius 2 is 2.00 bits per heavy atom. The summed E-state index contributed by atoms with van der Waals surface area (Å²) in [6.45, 7) is 3.02. The van der Waals surface area contributed by atoms with E-state index in [1.165, 1.54) is 0 Å². The Kier molecular flexibility index (Phi) is 2.78. The summed E-state index contributed by atoms with van der Waals surface area (Å²) in [6, 6.07) is 7.89. The van der Waals surface area contributed by atoms with E-state index in [4.69, 9.17) is 4.74 Å². The van der Waals surface area contributed by atoms with Gasteiger partial charge in [-0.2, -0.15) is 0 Å². The van der Waals surface area contributed by atoms with E-state index < -0.39 is 0 Å². The van der Waals surface area contributed by atoms with E-state index in [9.17, 15) is 0 Å². The van der Waals surface area contributed by atoms with E-state index in [0.717, 1.165) is 18.0 Å². The van der Waals surface area contributed by atoms with Crippen molar-refractivity contribution in [3.63, 3.8) is 0 Å². The normalized spacial score (nSPS) is 9.27. The summed E-state index contributed by atoms with van der Waals surface area (Å²) in [5.74, 6) is 0.895. The van der Waals surface area contributed by atoms with E-state index in [1.807, 2.05) is 24.3 Å². The number of hydrogen-bond acceptors (Lipinski definition) is 2. The van der Waals surface area contributed by atoms with E-state index in [1.54, 1.807) is 7.11 Å². The summed E-state index contributed by atoms with van der Waals surface area (Å²) in [7, 11) is 1.67. The van der Waals surface area contributed by atoms with Crippen molar-refractivity contribution in [2.24, 2.45) is 0 Å². The van der Waals surface area contributed by atoms with E-state index in [-0.39, 0.29) is 1.43 Å². The molecule has 0 radical (unpaired) electrons. The largest absolute Gasteiger partial charge is 0.497 e. The second kappa shape index (κ2) is 3.86. The van der Waals surface area contributed by atoms with Crippen LogP contribution >= 0.6 is 0 Å². The van der Waals surface area contributed by atoms with Crippen LogP contribution in [-0.4, -0.2) is 13.7 Å². The molecule has 0 saturated heterocycles. The van der Waals surface area contributed by atoms with Crippen LogP contribution in [0.15, 0.2) is 24.3 Å². The molecule has 0 aliphatic rings. The highest BCUT2D eigenvalue weighted by atomic mass is 16.5. The van der Waals surface area contributed by atoms with Crippen molar-refractivity contribution in [1.29, 1.82) is 0 Å². The molecule has 2 heteroatoms. The summed E-state index contributed by atoms with van der Waals surface area (Å²) in [5, 5.41) is 3.20. The van der Waals surface area contributed by atoms with Gasteiger partial charge in [-0.05, 0) is 31.2 Å². The number of ether oxygens (including phenoxy) is 1. The molecule has 0 bridgehead atoms. The van der Waals surface area contributed by atoms with Crippen LogP contribution < -0.4 is 10.1 Å². The van der Waals surface area contributed by atoms with Crippen LogP contribution in [0.1, 0.15) is 8.35 Å². The quantitative estimate of drug-likeness (QED) is 0.719. The number of benzene rings is 1. The van der Waals surface area contributed by atoms with Crippen LogP contribution in [0.5, 0.6) is 5.75 Å². The molecule has 0 amide bonds. The van der Waals surface area contributed by atoms with Crippen LogP contribution in [0.4, 0.5) is 5.69 Å². The Morgan fingerprint density at radius 1 is 1.36 bits per heavy atom. The van der Waals surface area contributed by atoms with Gasteiger partial charge in [0.05, 0.1) is 7.11 Å². The third kappa shape index (κ3) is 2.15. The SMILES string of the molecule is CCNc1ccc(OC)cc1.[HH].